The lowest BCUT2D eigenvalue weighted by molar-refractivity contribution is 1.08. The average molecular weight is 562 g/mol. The van der Waals surface area contributed by atoms with Gasteiger partial charge in [-0.05, 0) is 49.9 Å². The van der Waals surface area contributed by atoms with E-state index in [0.717, 1.165) is 38.6 Å². The fraction of sp³-hybridized carbons (Fsp3) is 0. The molecule has 206 valence electrons. The van der Waals surface area contributed by atoms with E-state index in [0.29, 0.717) is 17.5 Å². The zero-order valence-corrected chi connectivity index (χ0v) is 23.9. The van der Waals surface area contributed by atoms with Crippen molar-refractivity contribution in [2.24, 2.45) is 0 Å². The van der Waals surface area contributed by atoms with E-state index in [1.165, 1.54) is 21.9 Å². The molecular formula is C41H27N3. The van der Waals surface area contributed by atoms with Gasteiger partial charge < -0.3 is 0 Å². The summed E-state index contributed by atoms with van der Waals surface area (Å²) in [6, 6.07) is 57.0. The maximum Gasteiger partial charge on any atom is 0.164 e. The van der Waals surface area contributed by atoms with Crippen LogP contribution in [0.4, 0.5) is 0 Å². The maximum absolute atomic E-state index is 5.04. The van der Waals surface area contributed by atoms with Gasteiger partial charge in [-0.15, -0.1) is 0 Å². The zero-order valence-electron chi connectivity index (χ0n) is 23.9. The minimum absolute atomic E-state index is 0.649. The summed E-state index contributed by atoms with van der Waals surface area (Å²) in [6.45, 7) is 0. The predicted molar refractivity (Wildman–Crippen MR) is 182 cm³/mol. The highest BCUT2D eigenvalue weighted by atomic mass is 15.0. The number of benzene rings is 7. The van der Waals surface area contributed by atoms with Gasteiger partial charge in [-0.25, -0.2) is 15.0 Å². The highest BCUT2D eigenvalue weighted by Gasteiger charge is 2.15. The van der Waals surface area contributed by atoms with Gasteiger partial charge >= 0.3 is 0 Å². The first kappa shape index (κ1) is 25.8. The Hall–Kier alpha value is -5.93. The molecule has 0 fully saturated rings. The van der Waals surface area contributed by atoms with Gasteiger partial charge in [0.05, 0.1) is 0 Å². The summed E-state index contributed by atoms with van der Waals surface area (Å²) < 4.78 is 0. The van der Waals surface area contributed by atoms with Crippen molar-refractivity contribution in [3.63, 3.8) is 0 Å². The fourth-order valence-corrected chi connectivity index (χ4v) is 5.92. The van der Waals surface area contributed by atoms with E-state index < -0.39 is 0 Å². The van der Waals surface area contributed by atoms with Crippen LogP contribution in [0.3, 0.4) is 0 Å². The van der Waals surface area contributed by atoms with Crippen LogP contribution in [0.2, 0.25) is 0 Å². The Balaban J connectivity index is 1.21. The number of hydrogen-bond donors (Lipinski definition) is 0. The van der Waals surface area contributed by atoms with Crippen LogP contribution in [0, 0.1) is 0 Å². The minimum Gasteiger partial charge on any atom is -0.208 e. The van der Waals surface area contributed by atoms with E-state index in [4.69, 9.17) is 15.0 Å². The molecule has 1 heterocycles. The first-order valence-electron chi connectivity index (χ1n) is 14.8. The Morgan fingerprint density at radius 1 is 0.273 bits per heavy atom. The van der Waals surface area contributed by atoms with Crippen molar-refractivity contribution in [3.05, 3.63) is 164 Å². The molecule has 0 aliphatic carbocycles. The number of fused-ring (bicyclic) bond motifs is 2. The lowest BCUT2D eigenvalue weighted by atomic mass is 9.96. The van der Waals surface area contributed by atoms with Gasteiger partial charge in [-0.1, -0.05) is 158 Å². The van der Waals surface area contributed by atoms with Gasteiger partial charge in [-0.2, -0.15) is 0 Å². The second-order valence-electron chi connectivity index (χ2n) is 10.9. The van der Waals surface area contributed by atoms with E-state index in [1.807, 2.05) is 30.3 Å². The van der Waals surface area contributed by atoms with Crippen molar-refractivity contribution in [2.45, 2.75) is 0 Å². The van der Waals surface area contributed by atoms with Crippen LogP contribution in [0.5, 0.6) is 0 Å². The van der Waals surface area contributed by atoms with Crippen LogP contribution in [0.25, 0.3) is 78.0 Å². The summed E-state index contributed by atoms with van der Waals surface area (Å²) in [5, 5.41) is 4.78. The van der Waals surface area contributed by atoms with Crippen LogP contribution >= 0.6 is 0 Å². The molecule has 44 heavy (non-hydrogen) atoms. The lowest BCUT2D eigenvalue weighted by Gasteiger charge is -2.11. The lowest BCUT2D eigenvalue weighted by Crippen LogP contribution is -2.00. The van der Waals surface area contributed by atoms with Crippen molar-refractivity contribution in [3.8, 4) is 56.4 Å². The monoisotopic (exact) mass is 561 g/mol. The van der Waals surface area contributed by atoms with Crippen molar-refractivity contribution < 1.29 is 0 Å². The number of aromatic nitrogens is 3. The quantitative estimate of drug-likeness (QED) is 0.210. The zero-order chi connectivity index (χ0) is 29.3. The Morgan fingerprint density at radius 3 is 1.48 bits per heavy atom. The fourth-order valence-electron chi connectivity index (χ4n) is 5.92. The van der Waals surface area contributed by atoms with Crippen LogP contribution in [-0.4, -0.2) is 15.0 Å². The van der Waals surface area contributed by atoms with Crippen LogP contribution < -0.4 is 0 Å². The molecule has 0 aliphatic heterocycles. The van der Waals surface area contributed by atoms with Gasteiger partial charge in [-0.3, -0.25) is 0 Å². The minimum atomic E-state index is 0.649. The van der Waals surface area contributed by atoms with Crippen LogP contribution in [0.1, 0.15) is 0 Å². The summed E-state index contributed by atoms with van der Waals surface area (Å²) in [5.74, 6) is 1.97. The highest BCUT2D eigenvalue weighted by Crippen LogP contribution is 2.33. The van der Waals surface area contributed by atoms with E-state index in [-0.39, 0.29) is 0 Å². The molecule has 0 N–H and O–H groups in total. The SMILES string of the molecule is c1ccc(-c2nc(-c3cccc(-c4ccc(-c5cccc6ccccc56)cc4)c3)nc(-c3cccc4ccccc34)n2)cc1. The third-order valence-electron chi connectivity index (χ3n) is 8.14. The van der Waals surface area contributed by atoms with Crippen molar-refractivity contribution in [1.82, 2.24) is 15.0 Å². The van der Waals surface area contributed by atoms with Crippen molar-refractivity contribution >= 4 is 21.5 Å². The number of hydrogen-bond acceptors (Lipinski definition) is 3. The Bertz CT molecular complexity index is 2260. The summed E-state index contributed by atoms with van der Waals surface area (Å²) in [7, 11) is 0. The Morgan fingerprint density at radius 2 is 0.750 bits per heavy atom. The van der Waals surface area contributed by atoms with Crippen LogP contribution in [-0.2, 0) is 0 Å². The van der Waals surface area contributed by atoms with E-state index >= 15 is 0 Å². The molecule has 0 saturated heterocycles. The molecule has 0 spiro atoms. The molecular weight excluding hydrogens is 534 g/mol. The second-order valence-corrected chi connectivity index (χ2v) is 10.9. The molecule has 0 unspecified atom stereocenters. The molecule has 7 aromatic carbocycles. The third-order valence-corrected chi connectivity index (χ3v) is 8.14. The summed E-state index contributed by atoms with van der Waals surface area (Å²) >= 11 is 0. The predicted octanol–water partition coefficient (Wildman–Crippen LogP) is 10.5. The van der Waals surface area contributed by atoms with E-state index in [9.17, 15) is 0 Å². The van der Waals surface area contributed by atoms with Gasteiger partial charge in [0.2, 0.25) is 0 Å². The third kappa shape index (κ3) is 4.81. The second kappa shape index (κ2) is 11.0. The molecule has 0 aliphatic rings. The van der Waals surface area contributed by atoms with Crippen molar-refractivity contribution in [2.75, 3.05) is 0 Å². The molecule has 0 radical (unpaired) electrons. The Kier molecular flexibility index (Phi) is 6.47. The van der Waals surface area contributed by atoms with E-state index in [2.05, 4.69) is 133 Å². The summed E-state index contributed by atoms with van der Waals surface area (Å²) in [6.07, 6.45) is 0. The summed E-state index contributed by atoms with van der Waals surface area (Å²) in [5.41, 5.74) is 7.58. The first-order chi connectivity index (χ1) is 21.8. The molecule has 1 aromatic heterocycles. The molecule has 0 amide bonds. The normalized spacial score (nSPS) is 11.2. The van der Waals surface area contributed by atoms with Gasteiger partial charge in [0, 0.05) is 16.7 Å². The molecule has 3 nitrogen and oxygen atoms in total. The molecule has 0 bridgehead atoms. The Labute approximate surface area is 256 Å². The number of nitrogens with zero attached hydrogens (tertiary/aromatic N) is 3. The highest BCUT2D eigenvalue weighted by molar-refractivity contribution is 5.97. The summed E-state index contributed by atoms with van der Waals surface area (Å²) in [4.78, 5) is 15.0. The molecule has 3 heteroatoms. The maximum atomic E-state index is 5.04. The van der Waals surface area contributed by atoms with Gasteiger partial charge in [0.15, 0.2) is 17.5 Å². The van der Waals surface area contributed by atoms with E-state index in [1.54, 1.807) is 0 Å². The first-order valence-corrected chi connectivity index (χ1v) is 14.8. The molecule has 8 aromatic rings. The molecule has 0 atom stereocenters. The smallest absolute Gasteiger partial charge is 0.164 e. The van der Waals surface area contributed by atoms with Gasteiger partial charge in [0.1, 0.15) is 0 Å². The van der Waals surface area contributed by atoms with Crippen LogP contribution in [0.15, 0.2) is 164 Å². The van der Waals surface area contributed by atoms with Crippen molar-refractivity contribution in [1.29, 1.82) is 0 Å². The van der Waals surface area contributed by atoms with Gasteiger partial charge in [0.25, 0.3) is 0 Å². The number of rotatable bonds is 5. The molecule has 0 saturated carbocycles. The standard InChI is InChI=1S/C41H27N3/c1-2-13-32(14-3-1)39-42-40(44-41(43-39)38-22-10-16-30-12-5-7-20-37(30)38)34-18-8-17-33(27-34)28-23-25-31(26-24-28)36-21-9-15-29-11-4-6-19-35(29)36/h1-27H. The topological polar surface area (TPSA) is 38.7 Å². The largest absolute Gasteiger partial charge is 0.208 e. The average Bonchev–Trinajstić information content (AvgIpc) is 3.11. The molecule has 8 rings (SSSR count).